The van der Waals surface area contributed by atoms with Crippen molar-refractivity contribution in [3.63, 3.8) is 0 Å². The van der Waals surface area contributed by atoms with Crippen molar-refractivity contribution in [2.75, 3.05) is 0 Å². The molecule has 1 unspecified atom stereocenters. The monoisotopic (exact) mass is 231 g/mol. The van der Waals surface area contributed by atoms with E-state index in [4.69, 9.17) is 5.73 Å². The molecule has 1 aromatic heterocycles. The van der Waals surface area contributed by atoms with Crippen LogP contribution < -0.4 is 5.73 Å². The van der Waals surface area contributed by atoms with Gasteiger partial charge in [0.2, 0.25) is 0 Å². The van der Waals surface area contributed by atoms with E-state index in [0.29, 0.717) is 0 Å². The number of hydrogen-bond acceptors (Lipinski definition) is 2. The van der Waals surface area contributed by atoms with Gasteiger partial charge in [-0.1, -0.05) is 6.08 Å². The first-order valence-electron chi connectivity index (χ1n) is 3.33. The van der Waals surface area contributed by atoms with Crippen LogP contribution in [-0.2, 0) is 0 Å². The first-order chi connectivity index (χ1) is 5.25. The molecule has 0 aliphatic carbocycles. The minimum absolute atomic E-state index is 0.0909. The van der Waals surface area contributed by atoms with Crippen LogP contribution in [0.4, 0.5) is 0 Å². The highest BCUT2D eigenvalue weighted by Gasteiger charge is 2.07. The Morgan fingerprint density at radius 2 is 2.45 bits per heavy atom. The Bertz CT molecular complexity index is 244. The summed E-state index contributed by atoms with van der Waals surface area (Å²) in [5.41, 5.74) is 7.03. The summed E-state index contributed by atoms with van der Waals surface area (Å²) in [7, 11) is 0. The lowest BCUT2D eigenvalue weighted by Gasteiger charge is -2.06. The minimum atomic E-state index is 0.0909. The second kappa shape index (κ2) is 4.04. The van der Waals surface area contributed by atoms with E-state index in [2.05, 4.69) is 27.9 Å². The first kappa shape index (κ1) is 8.97. The lowest BCUT2D eigenvalue weighted by molar-refractivity contribution is 0.742. The van der Waals surface area contributed by atoms with Crippen LogP contribution in [0.5, 0.6) is 0 Å². The molecule has 1 atom stereocenters. The molecule has 0 amide bonds. The van der Waals surface area contributed by atoms with Crippen molar-refractivity contribution < 1.29 is 0 Å². The summed E-state index contributed by atoms with van der Waals surface area (Å²) in [6, 6.07) is 0.0909. The van der Waals surface area contributed by atoms with Crippen molar-refractivity contribution in [3.05, 3.63) is 33.5 Å². The fourth-order valence-electron chi connectivity index (χ4n) is 0.862. The van der Waals surface area contributed by atoms with Gasteiger partial charge in [0.25, 0.3) is 0 Å². The molecule has 0 aromatic carbocycles. The molecule has 0 aliphatic rings. The highest BCUT2D eigenvalue weighted by molar-refractivity contribution is 9.10. The van der Waals surface area contributed by atoms with E-state index < -0.39 is 0 Å². The predicted molar refractivity (Wildman–Crippen MR) is 53.8 cm³/mol. The largest absolute Gasteiger partial charge is 0.324 e. The summed E-state index contributed by atoms with van der Waals surface area (Å²) in [4.78, 5) is 0. The average Bonchev–Trinajstić information content (AvgIpc) is 2.36. The highest BCUT2D eigenvalue weighted by Crippen LogP contribution is 2.27. The number of hydrogen-bond donors (Lipinski definition) is 1. The van der Waals surface area contributed by atoms with Crippen LogP contribution in [0.25, 0.3) is 0 Å². The predicted octanol–water partition coefficient (Wildman–Crippen LogP) is 3.09. The van der Waals surface area contributed by atoms with Gasteiger partial charge in [0, 0.05) is 15.9 Å². The maximum Gasteiger partial charge on any atom is 0.0349 e. The summed E-state index contributed by atoms with van der Waals surface area (Å²) in [6.07, 6.45) is 2.67. The smallest absolute Gasteiger partial charge is 0.0349 e. The molecule has 0 radical (unpaired) electrons. The van der Waals surface area contributed by atoms with Crippen LogP contribution in [0.1, 0.15) is 18.0 Å². The van der Waals surface area contributed by atoms with Crippen molar-refractivity contribution in [2.24, 2.45) is 5.73 Å². The molecule has 0 saturated carbocycles. The van der Waals surface area contributed by atoms with Gasteiger partial charge in [-0.3, -0.25) is 0 Å². The summed E-state index contributed by atoms with van der Waals surface area (Å²) in [5.74, 6) is 0. The molecule has 60 valence electrons. The van der Waals surface area contributed by atoms with E-state index in [1.807, 2.05) is 11.5 Å². The normalized spacial score (nSPS) is 12.9. The van der Waals surface area contributed by atoms with Crippen LogP contribution in [0.15, 0.2) is 27.9 Å². The van der Waals surface area contributed by atoms with Gasteiger partial charge in [0.1, 0.15) is 0 Å². The zero-order chi connectivity index (χ0) is 8.27. The number of nitrogens with two attached hydrogens (primary N) is 1. The third-order valence-electron chi connectivity index (χ3n) is 1.46. The molecular formula is C8H10BrNS. The zero-order valence-electron chi connectivity index (χ0n) is 6.09. The third-order valence-corrected chi connectivity index (χ3v) is 3.21. The van der Waals surface area contributed by atoms with E-state index >= 15 is 0 Å². The molecule has 1 heterocycles. The van der Waals surface area contributed by atoms with Gasteiger partial charge >= 0.3 is 0 Å². The van der Waals surface area contributed by atoms with Crippen molar-refractivity contribution in [2.45, 2.75) is 12.5 Å². The topological polar surface area (TPSA) is 26.0 Å². The van der Waals surface area contributed by atoms with Gasteiger partial charge in [0.05, 0.1) is 0 Å². The van der Waals surface area contributed by atoms with Crippen LogP contribution in [0.3, 0.4) is 0 Å². The molecule has 0 saturated heterocycles. The quantitative estimate of drug-likeness (QED) is 0.796. The van der Waals surface area contributed by atoms with Gasteiger partial charge in [-0.25, -0.2) is 0 Å². The van der Waals surface area contributed by atoms with E-state index in [9.17, 15) is 0 Å². The Labute approximate surface area is 79.0 Å². The van der Waals surface area contributed by atoms with Crippen molar-refractivity contribution >= 4 is 27.3 Å². The first-order valence-corrected chi connectivity index (χ1v) is 5.07. The minimum Gasteiger partial charge on any atom is -0.324 e. The van der Waals surface area contributed by atoms with Crippen LogP contribution >= 0.6 is 27.3 Å². The molecule has 0 bridgehead atoms. The van der Waals surface area contributed by atoms with E-state index in [-0.39, 0.29) is 6.04 Å². The molecule has 3 heteroatoms. The molecule has 11 heavy (non-hydrogen) atoms. The molecular weight excluding hydrogens is 222 g/mol. The molecule has 1 rings (SSSR count). The fourth-order valence-corrected chi connectivity index (χ4v) is 2.52. The lowest BCUT2D eigenvalue weighted by atomic mass is 10.1. The Kier molecular flexibility index (Phi) is 3.30. The van der Waals surface area contributed by atoms with Gasteiger partial charge < -0.3 is 5.73 Å². The summed E-state index contributed by atoms with van der Waals surface area (Å²) < 4.78 is 1.11. The molecule has 0 spiro atoms. The maximum atomic E-state index is 5.86. The van der Waals surface area contributed by atoms with Crippen molar-refractivity contribution in [1.82, 2.24) is 0 Å². The summed E-state index contributed by atoms with van der Waals surface area (Å²) in [6.45, 7) is 3.65. The second-order valence-electron chi connectivity index (χ2n) is 2.31. The molecule has 0 aliphatic heterocycles. The Morgan fingerprint density at radius 1 is 1.73 bits per heavy atom. The average molecular weight is 232 g/mol. The summed E-state index contributed by atoms with van der Waals surface area (Å²) >= 11 is 5.09. The van der Waals surface area contributed by atoms with Crippen LogP contribution in [0, 0.1) is 0 Å². The highest BCUT2D eigenvalue weighted by atomic mass is 79.9. The SMILES string of the molecule is C=CCC(N)c1cscc1Br. The Morgan fingerprint density at radius 3 is 2.91 bits per heavy atom. The molecule has 1 aromatic rings. The Hall–Kier alpha value is -0.120. The zero-order valence-corrected chi connectivity index (χ0v) is 8.49. The molecule has 0 fully saturated rings. The van der Waals surface area contributed by atoms with Crippen molar-refractivity contribution in [3.8, 4) is 0 Å². The maximum absolute atomic E-state index is 5.86. The fraction of sp³-hybridized carbons (Fsp3) is 0.250. The lowest BCUT2D eigenvalue weighted by Crippen LogP contribution is -2.08. The Balaban J connectivity index is 2.74. The molecule has 2 N–H and O–H groups in total. The molecule has 1 nitrogen and oxygen atoms in total. The van der Waals surface area contributed by atoms with Gasteiger partial charge in [-0.15, -0.1) is 6.58 Å². The standard InChI is InChI=1S/C8H10BrNS/c1-2-3-8(10)6-4-11-5-7(6)9/h2,4-5,8H,1,3,10H2. The third kappa shape index (κ3) is 2.15. The van der Waals surface area contributed by atoms with Gasteiger partial charge in [0.15, 0.2) is 0 Å². The van der Waals surface area contributed by atoms with Crippen LogP contribution in [0.2, 0.25) is 0 Å². The van der Waals surface area contributed by atoms with E-state index in [0.717, 1.165) is 10.9 Å². The summed E-state index contributed by atoms with van der Waals surface area (Å²) in [5, 5.41) is 4.11. The van der Waals surface area contributed by atoms with E-state index in [1.165, 1.54) is 5.56 Å². The number of thiophene rings is 1. The van der Waals surface area contributed by atoms with Crippen LogP contribution in [-0.4, -0.2) is 0 Å². The number of rotatable bonds is 3. The number of halogens is 1. The van der Waals surface area contributed by atoms with E-state index in [1.54, 1.807) is 11.3 Å². The van der Waals surface area contributed by atoms with Gasteiger partial charge in [-0.2, -0.15) is 11.3 Å². The second-order valence-corrected chi connectivity index (χ2v) is 3.90. The van der Waals surface area contributed by atoms with Crippen molar-refractivity contribution in [1.29, 1.82) is 0 Å². The van der Waals surface area contributed by atoms with Gasteiger partial charge in [-0.05, 0) is 33.3 Å².